The lowest BCUT2D eigenvalue weighted by Crippen LogP contribution is -2.19. The first-order chi connectivity index (χ1) is 12.2. The van der Waals surface area contributed by atoms with Crippen LogP contribution in [0.4, 0.5) is 0 Å². The Morgan fingerprint density at radius 3 is 1.60 bits per heavy atom. The van der Waals surface area contributed by atoms with Gasteiger partial charge in [-0.2, -0.15) is 0 Å². The molecular weight excluding hydrogens is 380 g/mol. The molecule has 0 heterocycles. The number of hydrogen-bond acceptors (Lipinski definition) is 3. The van der Waals surface area contributed by atoms with Crippen molar-refractivity contribution >= 4 is 21.9 Å². The second-order valence-electron chi connectivity index (χ2n) is 7.19. The quantitative estimate of drug-likeness (QED) is 0.146. The summed E-state index contributed by atoms with van der Waals surface area (Å²) in [6, 6.07) is 0. The molecule has 1 atom stereocenters. The van der Waals surface area contributed by atoms with Gasteiger partial charge in [0.05, 0.1) is 6.10 Å². The molecule has 0 aromatic heterocycles. The molecule has 25 heavy (non-hydrogen) atoms. The average molecular weight is 421 g/mol. The van der Waals surface area contributed by atoms with Gasteiger partial charge < -0.3 is 9.84 Å². The number of ether oxygens (including phenoxy) is 1. The molecule has 4 heteroatoms. The highest BCUT2D eigenvalue weighted by Crippen LogP contribution is 2.13. The van der Waals surface area contributed by atoms with Crippen LogP contribution in [0, 0.1) is 0 Å². The molecule has 0 rings (SSSR count). The lowest BCUT2D eigenvalue weighted by atomic mass is 10.0. The molecule has 0 amide bonds. The Balaban J connectivity index is 3.12. The van der Waals surface area contributed by atoms with Crippen molar-refractivity contribution in [1.29, 1.82) is 0 Å². The zero-order valence-corrected chi connectivity index (χ0v) is 18.0. The third kappa shape index (κ3) is 20.1. The van der Waals surface area contributed by atoms with E-state index in [9.17, 15) is 9.90 Å². The van der Waals surface area contributed by atoms with Gasteiger partial charge in [-0.25, -0.2) is 0 Å². The van der Waals surface area contributed by atoms with E-state index in [-0.39, 0.29) is 12.6 Å². The maximum atomic E-state index is 11.4. The van der Waals surface area contributed by atoms with Gasteiger partial charge in [0, 0.05) is 11.8 Å². The largest absolute Gasteiger partial charge is 0.463 e. The Hall–Kier alpha value is -0.0900. The normalized spacial score (nSPS) is 12.3. The molecule has 1 unspecified atom stereocenters. The van der Waals surface area contributed by atoms with E-state index in [2.05, 4.69) is 22.9 Å². The fourth-order valence-corrected chi connectivity index (χ4v) is 3.13. The number of carbonyl (C=O) groups is 1. The van der Waals surface area contributed by atoms with Gasteiger partial charge in [-0.1, -0.05) is 113 Å². The van der Waals surface area contributed by atoms with E-state index in [0.29, 0.717) is 11.8 Å². The molecule has 150 valence electrons. The fraction of sp³-hybridized carbons (Fsp3) is 0.952. The number of esters is 1. The molecule has 3 nitrogen and oxygen atoms in total. The second kappa shape index (κ2) is 20.2. The Bertz CT molecular complexity index is 284. The van der Waals surface area contributed by atoms with Gasteiger partial charge in [-0.05, 0) is 6.42 Å². The number of unbranched alkanes of at least 4 members (excludes halogenated alkanes) is 14. The summed E-state index contributed by atoms with van der Waals surface area (Å²) in [5.74, 6) is -0.185. The molecule has 0 saturated heterocycles. The zero-order chi connectivity index (χ0) is 18.6. The number of alkyl halides is 1. The average Bonchev–Trinajstić information content (AvgIpc) is 2.62. The van der Waals surface area contributed by atoms with E-state index in [1.807, 2.05) is 0 Å². The molecular formula is C21H41BrO3. The minimum absolute atomic E-state index is 0.100. The zero-order valence-electron chi connectivity index (χ0n) is 16.4. The van der Waals surface area contributed by atoms with Gasteiger partial charge in [0.1, 0.15) is 6.61 Å². The van der Waals surface area contributed by atoms with Crippen molar-refractivity contribution in [3.8, 4) is 0 Å². The van der Waals surface area contributed by atoms with Crippen molar-refractivity contribution in [2.24, 2.45) is 0 Å². The van der Waals surface area contributed by atoms with Crippen LogP contribution in [0.5, 0.6) is 0 Å². The molecule has 0 aromatic carbocycles. The highest BCUT2D eigenvalue weighted by Gasteiger charge is 2.07. The van der Waals surface area contributed by atoms with E-state index in [1.54, 1.807) is 0 Å². The van der Waals surface area contributed by atoms with Gasteiger partial charge in [0.15, 0.2) is 0 Å². The number of halogens is 1. The first-order valence-electron chi connectivity index (χ1n) is 10.6. The van der Waals surface area contributed by atoms with Gasteiger partial charge in [0.25, 0.3) is 0 Å². The summed E-state index contributed by atoms with van der Waals surface area (Å²) in [5.41, 5.74) is 0. The molecule has 0 aliphatic carbocycles. The standard InChI is InChI=1S/C21H41BrO3/c1-2-3-4-5-6-7-8-9-10-11-12-13-14-15-16-17-21(24)25-19-20(23)18-22/h20,23H,2-19H2,1H3. The summed E-state index contributed by atoms with van der Waals surface area (Å²) in [6.07, 6.45) is 19.7. The molecule has 0 saturated carbocycles. The number of carbonyl (C=O) groups excluding carboxylic acids is 1. The lowest BCUT2D eigenvalue weighted by molar-refractivity contribution is -0.146. The molecule has 0 aromatic rings. The van der Waals surface area contributed by atoms with Gasteiger partial charge in [-0.15, -0.1) is 0 Å². The van der Waals surface area contributed by atoms with Crippen LogP contribution in [0.1, 0.15) is 110 Å². The molecule has 0 aliphatic rings. The number of rotatable bonds is 19. The molecule has 1 N–H and O–H groups in total. The van der Waals surface area contributed by atoms with Crippen LogP contribution in [0.3, 0.4) is 0 Å². The van der Waals surface area contributed by atoms with Gasteiger partial charge >= 0.3 is 5.97 Å². The van der Waals surface area contributed by atoms with E-state index < -0.39 is 6.10 Å². The Morgan fingerprint density at radius 1 is 0.800 bits per heavy atom. The van der Waals surface area contributed by atoms with Crippen molar-refractivity contribution in [2.75, 3.05) is 11.9 Å². The number of aliphatic hydroxyl groups excluding tert-OH is 1. The predicted octanol–water partition coefficient (Wildman–Crippen LogP) is 6.55. The summed E-state index contributed by atoms with van der Waals surface area (Å²) in [5, 5.41) is 9.73. The van der Waals surface area contributed by atoms with Crippen LogP contribution in [-0.2, 0) is 9.53 Å². The minimum atomic E-state index is -0.593. The van der Waals surface area contributed by atoms with E-state index >= 15 is 0 Å². The minimum Gasteiger partial charge on any atom is -0.463 e. The van der Waals surface area contributed by atoms with Crippen LogP contribution in [0.15, 0.2) is 0 Å². The molecule has 0 radical (unpaired) electrons. The van der Waals surface area contributed by atoms with E-state index in [4.69, 9.17) is 4.74 Å². The Labute approximate surface area is 164 Å². The van der Waals surface area contributed by atoms with Crippen molar-refractivity contribution in [3.63, 3.8) is 0 Å². The summed E-state index contributed by atoms with van der Waals surface area (Å²) in [4.78, 5) is 11.4. The van der Waals surface area contributed by atoms with Crippen molar-refractivity contribution in [2.45, 2.75) is 116 Å². The number of aliphatic hydroxyl groups is 1. The van der Waals surface area contributed by atoms with Crippen molar-refractivity contribution < 1.29 is 14.6 Å². The summed E-state index contributed by atoms with van der Waals surface area (Å²) < 4.78 is 4.99. The third-order valence-corrected chi connectivity index (χ3v) is 5.35. The molecule has 0 bridgehead atoms. The Morgan fingerprint density at radius 2 is 1.20 bits per heavy atom. The summed E-state index contributed by atoms with van der Waals surface area (Å²) >= 11 is 3.15. The van der Waals surface area contributed by atoms with Crippen LogP contribution in [0.25, 0.3) is 0 Å². The highest BCUT2D eigenvalue weighted by atomic mass is 79.9. The smallest absolute Gasteiger partial charge is 0.305 e. The van der Waals surface area contributed by atoms with Gasteiger partial charge in [0.2, 0.25) is 0 Å². The van der Waals surface area contributed by atoms with E-state index in [1.165, 1.54) is 83.5 Å². The maximum absolute atomic E-state index is 11.4. The first-order valence-corrected chi connectivity index (χ1v) is 11.7. The van der Waals surface area contributed by atoms with Crippen molar-refractivity contribution in [1.82, 2.24) is 0 Å². The molecule has 0 aliphatic heterocycles. The second-order valence-corrected chi connectivity index (χ2v) is 7.84. The lowest BCUT2D eigenvalue weighted by Gasteiger charge is -2.08. The monoisotopic (exact) mass is 420 g/mol. The van der Waals surface area contributed by atoms with Crippen LogP contribution in [-0.4, -0.2) is 29.1 Å². The topological polar surface area (TPSA) is 46.5 Å². The summed E-state index contributed by atoms with van der Waals surface area (Å²) in [6.45, 7) is 2.37. The van der Waals surface area contributed by atoms with Gasteiger partial charge in [-0.3, -0.25) is 4.79 Å². The number of hydrogen-bond donors (Lipinski definition) is 1. The van der Waals surface area contributed by atoms with Crippen LogP contribution >= 0.6 is 15.9 Å². The fourth-order valence-electron chi connectivity index (χ4n) is 2.95. The molecule has 0 fully saturated rings. The summed E-state index contributed by atoms with van der Waals surface area (Å²) in [7, 11) is 0. The highest BCUT2D eigenvalue weighted by molar-refractivity contribution is 9.09. The first kappa shape index (κ1) is 24.9. The SMILES string of the molecule is CCCCCCCCCCCCCCCCCC(=O)OCC(O)CBr. The maximum Gasteiger partial charge on any atom is 0.305 e. The van der Waals surface area contributed by atoms with E-state index in [0.717, 1.165) is 12.8 Å². The van der Waals surface area contributed by atoms with Crippen molar-refractivity contribution in [3.05, 3.63) is 0 Å². The Kier molecular flexibility index (Phi) is 20.2. The third-order valence-electron chi connectivity index (χ3n) is 4.60. The van der Waals surface area contributed by atoms with Crippen LogP contribution < -0.4 is 0 Å². The molecule has 0 spiro atoms. The van der Waals surface area contributed by atoms with Crippen LogP contribution in [0.2, 0.25) is 0 Å². The predicted molar refractivity (Wildman–Crippen MR) is 110 cm³/mol.